The lowest BCUT2D eigenvalue weighted by atomic mass is 10.2. The largest absolute Gasteiger partial charge is 0.323 e. The van der Waals surface area contributed by atoms with Crippen molar-refractivity contribution in [1.29, 1.82) is 5.26 Å². The molecule has 2 aromatic rings. The van der Waals surface area contributed by atoms with E-state index in [2.05, 4.69) is 31.2 Å². The molecule has 2 rings (SSSR count). The number of benzene rings is 1. The summed E-state index contributed by atoms with van der Waals surface area (Å²) in [6.07, 6.45) is 0. The van der Waals surface area contributed by atoms with Gasteiger partial charge < -0.3 is 5.32 Å². The monoisotopic (exact) mass is 302 g/mol. The Morgan fingerprint density at radius 1 is 1.22 bits per heavy atom. The van der Waals surface area contributed by atoms with Gasteiger partial charge in [-0.2, -0.15) is 5.26 Å². The molecule has 0 radical (unpaired) electrons. The van der Waals surface area contributed by atoms with Gasteiger partial charge in [-0.05, 0) is 53.5 Å². The van der Waals surface area contributed by atoms with Crippen molar-refractivity contribution in [1.82, 2.24) is 9.97 Å². The molecule has 0 aliphatic heterocycles. The molecule has 0 spiro atoms. The summed E-state index contributed by atoms with van der Waals surface area (Å²) in [7, 11) is 0. The van der Waals surface area contributed by atoms with Gasteiger partial charge in [0.1, 0.15) is 11.8 Å². The molecular weight excluding hydrogens is 292 g/mol. The molecule has 18 heavy (non-hydrogen) atoms. The Kier molecular flexibility index (Phi) is 3.58. The van der Waals surface area contributed by atoms with E-state index in [4.69, 9.17) is 5.26 Å². The summed E-state index contributed by atoms with van der Waals surface area (Å²) in [5.41, 5.74) is 3.14. The first-order chi connectivity index (χ1) is 8.58. The molecular formula is C13H11BrN4. The van der Waals surface area contributed by atoms with Gasteiger partial charge in [-0.15, -0.1) is 0 Å². The minimum atomic E-state index is 0.355. The second-order valence-corrected chi connectivity index (χ2v) is 4.79. The molecule has 0 bridgehead atoms. The van der Waals surface area contributed by atoms with Crippen LogP contribution >= 0.6 is 15.9 Å². The highest BCUT2D eigenvalue weighted by atomic mass is 79.9. The first kappa shape index (κ1) is 12.5. The maximum absolute atomic E-state index is 8.87. The summed E-state index contributed by atoms with van der Waals surface area (Å²) in [6, 6.07) is 9.60. The van der Waals surface area contributed by atoms with Crippen LogP contribution < -0.4 is 5.32 Å². The van der Waals surface area contributed by atoms with Crippen LogP contribution in [0.3, 0.4) is 0 Å². The van der Waals surface area contributed by atoms with Gasteiger partial charge in [0, 0.05) is 10.2 Å². The number of nitrogens with one attached hydrogen (secondary N) is 1. The van der Waals surface area contributed by atoms with E-state index in [-0.39, 0.29) is 0 Å². The van der Waals surface area contributed by atoms with Gasteiger partial charge in [0.15, 0.2) is 0 Å². The molecule has 5 heteroatoms. The van der Waals surface area contributed by atoms with E-state index in [1.165, 1.54) is 0 Å². The van der Waals surface area contributed by atoms with Crippen LogP contribution in [0.5, 0.6) is 0 Å². The molecule has 0 amide bonds. The molecule has 1 N–H and O–H groups in total. The lowest BCUT2D eigenvalue weighted by molar-refractivity contribution is 1.09. The van der Waals surface area contributed by atoms with Crippen LogP contribution in [0.25, 0.3) is 0 Å². The summed E-state index contributed by atoms with van der Waals surface area (Å²) in [5.74, 6) is 0.427. The maximum atomic E-state index is 8.87. The van der Waals surface area contributed by atoms with E-state index >= 15 is 0 Å². The number of anilines is 2. The van der Waals surface area contributed by atoms with Crippen molar-refractivity contribution in [3.63, 3.8) is 0 Å². The number of hydrogen-bond donors (Lipinski definition) is 1. The van der Waals surface area contributed by atoms with Crippen LogP contribution in [0.15, 0.2) is 28.7 Å². The van der Waals surface area contributed by atoms with E-state index in [1.807, 2.05) is 38.1 Å². The minimum Gasteiger partial charge on any atom is -0.323 e. The number of nitrogens with zero attached hydrogens (tertiary/aromatic N) is 3. The number of rotatable bonds is 2. The first-order valence-corrected chi connectivity index (χ1v) is 6.17. The topological polar surface area (TPSA) is 61.6 Å². The third-order valence-corrected chi connectivity index (χ3v) is 3.00. The molecule has 90 valence electrons. The predicted molar refractivity (Wildman–Crippen MR) is 73.6 cm³/mol. The summed E-state index contributed by atoms with van der Waals surface area (Å²) >= 11 is 3.48. The zero-order valence-electron chi connectivity index (χ0n) is 10.0. The molecule has 1 aromatic heterocycles. The lowest BCUT2D eigenvalue weighted by Crippen LogP contribution is -2.00. The summed E-state index contributed by atoms with van der Waals surface area (Å²) in [5, 5.41) is 12.0. The number of halogens is 1. The van der Waals surface area contributed by atoms with Crippen molar-refractivity contribution >= 4 is 27.6 Å². The summed E-state index contributed by atoms with van der Waals surface area (Å²) in [4.78, 5) is 8.35. The van der Waals surface area contributed by atoms with Gasteiger partial charge in [0.05, 0.1) is 5.69 Å². The van der Waals surface area contributed by atoms with Gasteiger partial charge >= 0.3 is 0 Å². The molecule has 0 aliphatic carbocycles. The van der Waals surface area contributed by atoms with Crippen LogP contribution in [-0.4, -0.2) is 9.97 Å². The lowest BCUT2D eigenvalue weighted by Gasteiger charge is -2.08. The molecule has 0 unspecified atom stereocenters. The van der Waals surface area contributed by atoms with Gasteiger partial charge in [0.25, 0.3) is 0 Å². The van der Waals surface area contributed by atoms with Crippen LogP contribution in [-0.2, 0) is 0 Å². The van der Waals surface area contributed by atoms with Crippen molar-refractivity contribution in [3.8, 4) is 6.07 Å². The van der Waals surface area contributed by atoms with Crippen LogP contribution in [0.2, 0.25) is 0 Å². The third-order valence-electron chi connectivity index (χ3n) is 2.34. The fraction of sp³-hybridized carbons (Fsp3) is 0.154. The van der Waals surface area contributed by atoms with Crippen molar-refractivity contribution in [2.45, 2.75) is 13.8 Å². The van der Waals surface area contributed by atoms with E-state index in [1.54, 1.807) is 6.07 Å². The second-order valence-electron chi connectivity index (χ2n) is 3.94. The fourth-order valence-corrected chi connectivity index (χ4v) is 2.12. The standard InChI is InChI=1S/C13H11BrN4/c1-8-3-4-12(11(14)5-8)18-13-16-9(2)6-10(7-15)17-13/h3-6H,1-2H3,(H,16,17,18). The van der Waals surface area contributed by atoms with Gasteiger partial charge in [0.2, 0.25) is 5.95 Å². The average Bonchev–Trinajstić information content (AvgIpc) is 2.32. The van der Waals surface area contributed by atoms with Crippen LogP contribution in [0, 0.1) is 25.2 Å². The number of aromatic nitrogens is 2. The Balaban J connectivity index is 2.34. The Morgan fingerprint density at radius 2 is 2.00 bits per heavy atom. The molecule has 0 saturated heterocycles. The Bertz CT molecular complexity index is 631. The molecule has 0 atom stereocenters. The molecule has 4 nitrogen and oxygen atoms in total. The van der Waals surface area contributed by atoms with Gasteiger partial charge in [-0.1, -0.05) is 6.07 Å². The van der Waals surface area contributed by atoms with Crippen molar-refractivity contribution in [2.24, 2.45) is 0 Å². The number of nitriles is 1. The Morgan fingerprint density at radius 3 is 2.67 bits per heavy atom. The van der Waals surface area contributed by atoms with E-state index < -0.39 is 0 Å². The highest BCUT2D eigenvalue weighted by molar-refractivity contribution is 9.10. The normalized spacial score (nSPS) is 9.89. The zero-order valence-corrected chi connectivity index (χ0v) is 11.6. The quantitative estimate of drug-likeness (QED) is 0.922. The summed E-state index contributed by atoms with van der Waals surface area (Å²) in [6.45, 7) is 3.85. The molecule has 0 fully saturated rings. The van der Waals surface area contributed by atoms with Crippen LogP contribution in [0.1, 0.15) is 17.0 Å². The highest BCUT2D eigenvalue weighted by Gasteiger charge is 2.05. The van der Waals surface area contributed by atoms with Crippen LogP contribution in [0.4, 0.5) is 11.6 Å². The molecule has 0 saturated carbocycles. The third kappa shape index (κ3) is 2.84. The van der Waals surface area contributed by atoms with Gasteiger partial charge in [-0.3, -0.25) is 0 Å². The van der Waals surface area contributed by atoms with E-state index in [0.29, 0.717) is 11.6 Å². The van der Waals surface area contributed by atoms with E-state index in [9.17, 15) is 0 Å². The first-order valence-electron chi connectivity index (χ1n) is 5.37. The number of hydrogen-bond acceptors (Lipinski definition) is 4. The Labute approximate surface area is 114 Å². The molecule has 1 aromatic carbocycles. The maximum Gasteiger partial charge on any atom is 0.228 e. The average molecular weight is 303 g/mol. The molecule has 1 heterocycles. The Hall–Kier alpha value is -1.93. The van der Waals surface area contributed by atoms with Crippen molar-refractivity contribution in [3.05, 3.63) is 45.7 Å². The minimum absolute atomic E-state index is 0.355. The number of aryl methyl sites for hydroxylation is 2. The second kappa shape index (κ2) is 5.15. The highest BCUT2D eigenvalue weighted by Crippen LogP contribution is 2.25. The SMILES string of the molecule is Cc1ccc(Nc2nc(C)cc(C#N)n2)c(Br)c1. The van der Waals surface area contributed by atoms with Crippen molar-refractivity contribution < 1.29 is 0 Å². The van der Waals surface area contributed by atoms with Crippen molar-refractivity contribution in [2.75, 3.05) is 5.32 Å². The molecule has 0 aliphatic rings. The van der Waals surface area contributed by atoms with Gasteiger partial charge in [-0.25, -0.2) is 9.97 Å². The summed E-state index contributed by atoms with van der Waals surface area (Å²) < 4.78 is 0.936. The fourth-order valence-electron chi connectivity index (χ4n) is 1.52. The van der Waals surface area contributed by atoms with E-state index in [0.717, 1.165) is 21.4 Å². The smallest absolute Gasteiger partial charge is 0.228 e. The predicted octanol–water partition coefficient (Wildman–Crippen LogP) is 3.47. The zero-order chi connectivity index (χ0) is 13.1.